The molecular formula is C10H18N2OS2. The van der Waals surface area contributed by atoms with E-state index < -0.39 is 10.8 Å². The Labute approximate surface area is 98.0 Å². The second-order valence-corrected chi connectivity index (χ2v) is 7.05. The molecule has 1 fully saturated rings. The van der Waals surface area contributed by atoms with Crippen LogP contribution in [-0.4, -0.2) is 38.7 Å². The van der Waals surface area contributed by atoms with Crippen LogP contribution in [0.1, 0.15) is 26.2 Å². The molecule has 2 rings (SSSR count). The predicted molar refractivity (Wildman–Crippen MR) is 68.0 cm³/mol. The number of thioether (sulfide) groups is 1. The van der Waals surface area contributed by atoms with Crippen molar-refractivity contribution >= 4 is 27.7 Å². The molecule has 5 heteroatoms. The Kier molecular flexibility index (Phi) is 4.08. The summed E-state index contributed by atoms with van der Waals surface area (Å²) in [5, 5.41) is 5.26. The van der Waals surface area contributed by atoms with E-state index in [1.807, 2.05) is 11.8 Å². The van der Waals surface area contributed by atoms with Crippen molar-refractivity contribution in [3.8, 4) is 0 Å². The summed E-state index contributed by atoms with van der Waals surface area (Å²) in [5.41, 5.74) is 0. The van der Waals surface area contributed by atoms with Crippen LogP contribution < -0.4 is 5.32 Å². The molecule has 86 valence electrons. The van der Waals surface area contributed by atoms with E-state index in [0.717, 1.165) is 36.1 Å². The van der Waals surface area contributed by atoms with Gasteiger partial charge in [-0.05, 0) is 19.3 Å². The molecule has 1 atom stereocenters. The first-order valence-corrected chi connectivity index (χ1v) is 7.97. The van der Waals surface area contributed by atoms with Crippen LogP contribution in [0, 0.1) is 0 Å². The maximum Gasteiger partial charge on any atom is 0.157 e. The summed E-state index contributed by atoms with van der Waals surface area (Å²) in [6.07, 6.45) is 3.25. The SMILES string of the molecule is CCC1CN=C(NC2CCS(=O)CC2)S1. The number of hydrogen-bond donors (Lipinski definition) is 1. The Morgan fingerprint density at radius 1 is 1.53 bits per heavy atom. The van der Waals surface area contributed by atoms with Gasteiger partial charge >= 0.3 is 0 Å². The van der Waals surface area contributed by atoms with Crippen LogP contribution in [0.3, 0.4) is 0 Å². The van der Waals surface area contributed by atoms with Crippen molar-refractivity contribution in [1.29, 1.82) is 0 Å². The molecule has 0 aliphatic carbocycles. The summed E-state index contributed by atoms with van der Waals surface area (Å²) in [7, 11) is -0.559. The van der Waals surface area contributed by atoms with Crippen LogP contribution in [0.25, 0.3) is 0 Å². The molecule has 0 saturated carbocycles. The van der Waals surface area contributed by atoms with Gasteiger partial charge in [0.05, 0.1) is 6.54 Å². The highest BCUT2D eigenvalue weighted by molar-refractivity contribution is 8.14. The first-order chi connectivity index (χ1) is 7.28. The van der Waals surface area contributed by atoms with E-state index in [2.05, 4.69) is 17.2 Å². The maximum atomic E-state index is 11.2. The monoisotopic (exact) mass is 246 g/mol. The van der Waals surface area contributed by atoms with Gasteiger partial charge in [0.1, 0.15) is 0 Å². The van der Waals surface area contributed by atoms with Gasteiger partial charge < -0.3 is 5.32 Å². The van der Waals surface area contributed by atoms with Crippen molar-refractivity contribution in [2.45, 2.75) is 37.5 Å². The molecule has 2 aliphatic heterocycles. The van der Waals surface area contributed by atoms with E-state index in [-0.39, 0.29) is 0 Å². The normalized spacial score (nSPS) is 36.3. The molecule has 0 aromatic heterocycles. The first-order valence-electron chi connectivity index (χ1n) is 5.60. The molecule has 0 radical (unpaired) electrons. The summed E-state index contributed by atoms with van der Waals surface area (Å²) in [4.78, 5) is 4.49. The third-order valence-electron chi connectivity index (χ3n) is 2.89. The van der Waals surface area contributed by atoms with Crippen LogP contribution in [0.15, 0.2) is 4.99 Å². The Bertz CT molecular complexity index is 271. The molecule has 1 unspecified atom stereocenters. The topological polar surface area (TPSA) is 41.5 Å². The molecule has 15 heavy (non-hydrogen) atoms. The highest BCUT2D eigenvalue weighted by Gasteiger charge is 2.22. The lowest BCUT2D eigenvalue weighted by atomic mass is 10.2. The fourth-order valence-corrected chi connectivity index (χ4v) is 4.14. The molecule has 0 aromatic rings. The fraction of sp³-hybridized carbons (Fsp3) is 0.900. The van der Waals surface area contributed by atoms with Crippen LogP contribution >= 0.6 is 11.8 Å². The van der Waals surface area contributed by atoms with E-state index >= 15 is 0 Å². The maximum absolute atomic E-state index is 11.2. The molecule has 0 aromatic carbocycles. The number of nitrogens with one attached hydrogen (secondary N) is 1. The minimum absolute atomic E-state index is 0.504. The van der Waals surface area contributed by atoms with Crippen molar-refractivity contribution < 1.29 is 4.21 Å². The number of rotatable bonds is 2. The summed E-state index contributed by atoms with van der Waals surface area (Å²) in [5.74, 6) is 1.71. The fourth-order valence-electron chi connectivity index (χ4n) is 1.82. The quantitative estimate of drug-likeness (QED) is 0.800. The third kappa shape index (κ3) is 3.21. The van der Waals surface area contributed by atoms with Gasteiger partial charge in [-0.2, -0.15) is 0 Å². The third-order valence-corrected chi connectivity index (χ3v) is 5.56. The number of aliphatic imine (C=N–C) groups is 1. The standard InChI is InChI=1S/C10H18N2OS2/c1-2-9-7-11-10(14-9)12-8-3-5-15(13)6-4-8/h8-9H,2-7H2,1H3,(H,11,12). The summed E-state index contributed by atoms with van der Waals surface area (Å²) in [6, 6.07) is 0.504. The average molecular weight is 246 g/mol. The molecule has 0 spiro atoms. The highest BCUT2D eigenvalue weighted by Crippen LogP contribution is 2.23. The molecule has 2 aliphatic rings. The van der Waals surface area contributed by atoms with Gasteiger partial charge in [0.25, 0.3) is 0 Å². The van der Waals surface area contributed by atoms with Crippen molar-refractivity contribution in [2.75, 3.05) is 18.1 Å². The molecular weight excluding hydrogens is 228 g/mol. The van der Waals surface area contributed by atoms with E-state index in [4.69, 9.17) is 0 Å². The van der Waals surface area contributed by atoms with Gasteiger partial charge in [-0.25, -0.2) is 0 Å². The second-order valence-electron chi connectivity index (χ2n) is 4.06. The van der Waals surface area contributed by atoms with E-state index in [0.29, 0.717) is 11.3 Å². The van der Waals surface area contributed by atoms with Crippen LogP contribution in [0.4, 0.5) is 0 Å². The van der Waals surface area contributed by atoms with Crippen molar-refractivity contribution in [3.63, 3.8) is 0 Å². The number of hydrogen-bond acceptors (Lipinski definition) is 4. The van der Waals surface area contributed by atoms with Crippen LogP contribution in [0.5, 0.6) is 0 Å². The zero-order valence-electron chi connectivity index (χ0n) is 9.07. The Morgan fingerprint density at radius 3 is 2.87 bits per heavy atom. The van der Waals surface area contributed by atoms with E-state index in [9.17, 15) is 4.21 Å². The molecule has 0 bridgehead atoms. The number of nitrogens with zero attached hydrogens (tertiary/aromatic N) is 1. The lowest BCUT2D eigenvalue weighted by Gasteiger charge is -2.23. The lowest BCUT2D eigenvalue weighted by molar-refractivity contribution is 0.554. The first kappa shape index (κ1) is 11.5. The minimum Gasteiger partial charge on any atom is -0.362 e. The van der Waals surface area contributed by atoms with E-state index in [1.54, 1.807) is 0 Å². The minimum atomic E-state index is -0.559. The van der Waals surface area contributed by atoms with Crippen molar-refractivity contribution in [2.24, 2.45) is 4.99 Å². The number of amidine groups is 1. The molecule has 0 amide bonds. The van der Waals surface area contributed by atoms with Crippen molar-refractivity contribution in [3.05, 3.63) is 0 Å². The summed E-state index contributed by atoms with van der Waals surface area (Å²) in [6.45, 7) is 3.17. The molecule has 1 N–H and O–H groups in total. The summed E-state index contributed by atoms with van der Waals surface area (Å²) >= 11 is 1.87. The van der Waals surface area contributed by atoms with Crippen LogP contribution in [-0.2, 0) is 10.8 Å². The summed E-state index contributed by atoms with van der Waals surface area (Å²) < 4.78 is 11.2. The molecule has 1 saturated heterocycles. The van der Waals surface area contributed by atoms with Gasteiger partial charge in [0.15, 0.2) is 5.17 Å². The van der Waals surface area contributed by atoms with Gasteiger partial charge in [-0.15, -0.1) is 0 Å². The van der Waals surface area contributed by atoms with Gasteiger partial charge in [0.2, 0.25) is 0 Å². The predicted octanol–water partition coefficient (Wildman–Crippen LogP) is 1.37. The highest BCUT2D eigenvalue weighted by atomic mass is 32.2. The zero-order valence-corrected chi connectivity index (χ0v) is 10.7. The largest absolute Gasteiger partial charge is 0.362 e. The van der Waals surface area contributed by atoms with Gasteiger partial charge in [-0.1, -0.05) is 18.7 Å². The van der Waals surface area contributed by atoms with Crippen LogP contribution in [0.2, 0.25) is 0 Å². The Balaban J connectivity index is 1.76. The average Bonchev–Trinajstić information content (AvgIpc) is 2.69. The zero-order chi connectivity index (χ0) is 10.7. The van der Waals surface area contributed by atoms with Gasteiger partial charge in [-0.3, -0.25) is 9.20 Å². The Hall–Kier alpha value is -0.0300. The van der Waals surface area contributed by atoms with Crippen molar-refractivity contribution in [1.82, 2.24) is 5.32 Å². The Morgan fingerprint density at radius 2 is 2.27 bits per heavy atom. The molecule has 2 heterocycles. The molecule has 3 nitrogen and oxygen atoms in total. The smallest absolute Gasteiger partial charge is 0.157 e. The second kappa shape index (κ2) is 5.34. The van der Waals surface area contributed by atoms with E-state index in [1.165, 1.54) is 6.42 Å². The van der Waals surface area contributed by atoms with Gasteiger partial charge in [0, 0.05) is 33.6 Å². The lowest BCUT2D eigenvalue weighted by Crippen LogP contribution is -2.38.